The monoisotopic (exact) mass is 314 g/mol. The largest absolute Gasteiger partial charge is 0.236 e. The third-order valence-electron chi connectivity index (χ3n) is 4.42. The second kappa shape index (κ2) is 15.8. The number of rotatable bonds is 17. The first-order valence-electron chi connectivity index (χ1n) is 10.0. The Morgan fingerprint density at radius 1 is 0.545 bits per heavy atom. The van der Waals surface area contributed by atoms with Crippen LogP contribution in [0.4, 0.5) is 0 Å². The topological polar surface area (TPSA) is 18.5 Å². The second-order valence-corrected chi connectivity index (χ2v) is 6.81. The van der Waals surface area contributed by atoms with E-state index in [2.05, 4.69) is 27.7 Å². The van der Waals surface area contributed by atoms with Crippen molar-refractivity contribution >= 4 is 0 Å². The Bertz CT molecular complexity index is 210. The van der Waals surface area contributed by atoms with Gasteiger partial charge in [0.15, 0.2) is 0 Å². The van der Waals surface area contributed by atoms with E-state index in [0.717, 1.165) is 25.7 Å². The lowest BCUT2D eigenvalue weighted by molar-refractivity contribution is -0.366. The molecule has 0 heterocycles. The van der Waals surface area contributed by atoms with E-state index in [1.165, 1.54) is 64.2 Å². The summed E-state index contributed by atoms with van der Waals surface area (Å²) >= 11 is 0. The maximum atomic E-state index is 5.91. The molecule has 0 saturated heterocycles. The molecule has 2 nitrogen and oxygen atoms in total. The minimum atomic E-state index is -0.0269. The van der Waals surface area contributed by atoms with Crippen LogP contribution in [0.5, 0.6) is 0 Å². The Hall–Kier alpha value is -0.0800. The fourth-order valence-electron chi connectivity index (χ4n) is 3.24. The van der Waals surface area contributed by atoms with E-state index < -0.39 is 0 Å². The first-order chi connectivity index (χ1) is 10.7. The quantitative estimate of drug-likeness (QED) is 0.160. The summed E-state index contributed by atoms with van der Waals surface area (Å²) in [5.74, 6) is 0. The minimum Gasteiger partial charge on any atom is -0.236 e. The lowest BCUT2D eigenvalue weighted by Crippen LogP contribution is -2.33. The molecule has 0 aliphatic rings. The van der Waals surface area contributed by atoms with Crippen LogP contribution in [0.15, 0.2) is 0 Å². The number of hydrogen-bond acceptors (Lipinski definition) is 2. The molecule has 22 heavy (non-hydrogen) atoms. The van der Waals surface area contributed by atoms with Crippen molar-refractivity contribution in [3.8, 4) is 0 Å². The number of hydrogen-bond donors (Lipinski definition) is 0. The molecule has 0 bridgehead atoms. The van der Waals surface area contributed by atoms with Crippen LogP contribution in [0.3, 0.4) is 0 Å². The Morgan fingerprint density at radius 2 is 1.09 bits per heavy atom. The Morgan fingerprint density at radius 3 is 1.59 bits per heavy atom. The molecule has 0 aliphatic heterocycles. The highest BCUT2D eigenvalue weighted by molar-refractivity contribution is 4.79. The standard InChI is InChI=1S/C20H42O2/c1-5-9-10-11-12-13-14-15-18-20(16-6-2,17-7-3)22-21-19-8-4/h5-19H2,1-4H3. The van der Waals surface area contributed by atoms with Crippen LogP contribution in [0.25, 0.3) is 0 Å². The zero-order chi connectivity index (χ0) is 16.5. The van der Waals surface area contributed by atoms with Gasteiger partial charge in [0, 0.05) is 0 Å². The summed E-state index contributed by atoms with van der Waals surface area (Å²) in [6, 6.07) is 0. The molecule has 0 radical (unpaired) electrons. The molecule has 0 aliphatic carbocycles. The summed E-state index contributed by atoms with van der Waals surface area (Å²) in [6.45, 7) is 9.63. The van der Waals surface area contributed by atoms with Gasteiger partial charge in [0.25, 0.3) is 0 Å². The van der Waals surface area contributed by atoms with Crippen LogP contribution in [0, 0.1) is 0 Å². The van der Waals surface area contributed by atoms with Crippen molar-refractivity contribution < 1.29 is 9.78 Å². The molecule has 0 aromatic rings. The normalized spacial score (nSPS) is 12.0. The molecular weight excluding hydrogens is 272 g/mol. The summed E-state index contributed by atoms with van der Waals surface area (Å²) in [7, 11) is 0. The van der Waals surface area contributed by atoms with Crippen LogP contribution >= 0.6 is 0 Å². The van der Waals surface area contributed by atoms with E-state index in [1.54, 1.807) is 0 Å². The van der Waals surface area contributed by atoms with Crippen molar-refractivity contribution in [2.24, 2.45) is 0 Å². The third kappa shape index (κ3) is 11.5. The van der Waals surface area contributed by atoms with Gasteiger partial charge in [-0.05, 0) is 25.7 Å². The highest BCUT2D eigenvalue weighted by Gasteiger charge is 2.30. The average molecular weight is 315 g/mol. The van der Waals surface area contributed by atoms with Gasteiger partial charge in [-0.3, -0.25) is 0 Å². The van der Waals surface area contributed by atoms with Gasteiger partial charge < -0.3 is 0 Å². The van der Waals surface area contributed by atoms with Gasteiger partial charge in [0.2, 0.25) is 0 Å². The van der Waals surface area contributed by atoms with Crippen molar-refractivity contribution in [3.05, 3.63) is 0 Å². The molecule has 0 atom stereocenters. The third-order valence-corrected chi connectivity index (χ3v) is 4.42. The number of unbranched alkanes of at least 4 members (excludes halogenated alkanes) is 7. The summed E-state index contributed by atoms with van der Waals surface area (Å²) in [4.78, 5) is 11.4. The van der Waals surface area contributed by atoms with Crippen molar-refractivity contribution in [1.29, 1.82) is 0 Å². The van der Waals surface area contributed by atoms with E-state index >= 15 is 0 Å². The van der Waals surface area contributed by atoms with Gasteiger partial charge in [-0.15, -0.1) is 0 Å². The van der Waals surface area contributed by atoms with Gasteiger partial charge >= 0.3 is 0 Å². The van der Waals surface area contributed by atoms with Crippen LogP contribution in [0.1, 0.15) is 118 Å². The molecule has 0 saturated carbocycles. The van der Waals surface area contributed by atoms with Gasteiger partial charge in [0.1, 0.15) is 5.60 Å². The van der Waals surface area contributed by atoms with E-state index in [1.807, 2.05) is 0 Å². The Labute approximate surface area is 140 Å². The minimum absolute atomic E-state index is 0.0269. The van der Waals surface area contributed by atoms with Crippen LogP contribution < -0.4 is 0 Å². The SMILES string of the molecule is CCCCCCCCCCC(CCC)(CCC)OOCCC. The van der Waals surface area contributed by atoms with E-state index in [4.69, 9.17) is 9.78 Å². The molecule has 0 aromatic carbocycles. The fourth-order valence-corrected chi connectivity index (χ4v) is 3.24. The average Bonchev–Trinajstić information content (AvgIpc) is 2.51. The highest BCUT2D eigenvalue weighted by Crippen LogP contribution is 2.31. The predicted molar refractivity (Wildman–Crippen MR) is 97.1 cm³/mol. The molecule has 2 heteroatoms. The zero-order valence-electron chi connectivity index (χ0n) is 15.9. The summed E-state index contributed by atoms with van der Waals surface area (Å²) in [6.07, 6.45) is 17.8. The molecule has 0 aromatic heterocycles. The van der Waals surface area contributed by atoms with E-state index in [-0.39, 0.29) is 5.60 Å². The first-order valence-corrected chi connectivity index (χ1v) is 10.0. The molecule has 0 N–H and O–H groups in total. The van der Waals surface area contributed by atoms with Crippen LogP contribution in [-0.4, -0.2) is 12.2 Å². The first kappa shape index (κ1) is 21.9. The van der Waals surface area contributed by atoms with Gasteiger partial charge in [-0.1, -0.05) is 91.9 Å². The van der Waals surface area contributed by atoms with Crippen molar-refractivity contribution in [2.45, 2.75) is 123 Å². The molecular formula is C20H42O2. The maximum Gasteiger partial charge on any atom is 0.104 e. The smallest absolute Gasteiger partial charge is 0.104 e. The molecule has 0 rings (SSSR count). The van der Waals surface area contributed by atoms with Gasteiger partial charge in [-0.2, -0.15) is 0 Å². The van der Waals surface area contributed by atoms with Gasteiger partial charge in [-0.25, -0.2) is 9.78 Å². The Balaban J connectivity index is 3.99. The van der Waals surface area contributed by atoms with Crippen LogP contribution in [-0.2, 0) is 9.78 Å². The highest BCUT2D eigenvalue weighted by atomic mass is 17.2. The molecule has 0 spiro atoms. The lowest BCUT2D eigenvalue weighted by Gasteiger charge is -2.32. The molecule has 0 amide bonds. The van der Waals surface area contributed by atoms with Crippen LogP contribution in [0.2, 0.25) is 0 Å². The Kier molecular flexibility index (Phi) is 15.7. The fraction of sp³-hybridized carbons (Fsp3) is 1.00. The van der Waals surface area contributed by atoms with Crippen molar-refractivity contribution in [3.63, 3.8) is 0 Å². The van der Waals surface area contributed by atoms with Crippen molar-refractivity contribution in [2.75, 3.05) is 6.61 Å². The summed E-state index contributed by atoms with van der Waals surface area (Å²) < 4.78 is 0. The maximum absolute atomic E-state index is 5.91. The molecule has 0 fully saturated rings. The van der Waals surface area contributed by atoms with E-state index in [9.17, 15) is 0 Å². The lowest BCUT2D eigenvalue weighted by atomic mass is 9.87. The molecule has 134 valence electrons. The second-order valence-electron chi connectivity index (χ2n) is 6.81. The molecule has 0 unspecified atom stereocenters. The summed E-state index contributed by atoms with van der Waals surface area (Å²) in [5.41, 5.74) is -0.0269. The predicted octanol–water partition coefficient (Wildman–Crippen LogP) is 7.21. The van der Waals surface area contributed by atoms with Gasteiger partial charge in [0.05, 0.1) is 6.61 Å². The zero-order valence-corrected chi connectivity index (χ0v) is 15.9. The van der Waals surface area contributed by atoms with Crippen molar-refractivity contribution in [1.82, 2.24) is 0 Å². The van der Waals surface area contributed by atoms with E-state index in [0.29, 0.717) is 6.61 Å². The summed E-state index contributed by atoms with van der Waals surface area (Å²) in [5, 5.41) is 0.